The lowest BCUT2D eigenvalue weighted by Crippen LogP contribution is -1.87. The van der Waals surface area contributed by atoms with Crippen molar-refractivity contribution in [3.8, 4) is 11.4 Å². The van der Waals surface area contributed by atoms with Crippen LogP contribution in [0.5, 0.6) is 0 Å². The summed E-state index contributed by atoms with van der Waals surface area (Å²) < 4.78 is 0. The second-order valence-electron chi connectivity index (χ2n) is 2.65. The quantitative estimate of drug-likeness (QED) is 0.472. The number of nitrogens with one attached hydrogen (secondary N) is 1. The predicted octanol–water partition coefficient (Wildman–Crippen LogP) is 1.34. The van der Waals surface area contributed by atoms with Crippen molar-refractivity contribution in [1.29, 1.82) is 0 Å². The fraction of sp³-hybridized carbons (Fsp3) is 0. The lowest BCUT2D eigenvalue weighted by atomic mass is 10.2. The Balaban J connectivity index is 2.53. The first-order chi connectivity index (χ1) is 6.25. The number of aromatic amines is 1. The zero-order valence-corrected chi connectivity index (χ0v) is 7.62. The third-order valence-corrected chi connectivity index (χ3v) is 1.89. The summed E-state index contributed by atoms with van der Waals surface area (Å²) in [6.07, 6.45) is 1.46. The van der Waals surface area contributed by atoms with Crippen LogP contribution in [0.4, 0.5) is 5.69 Å². The summed E-state index contributed by atoms with van der Waals surface area (Å²) in [7, 11) is 0. The van der Waals surface area contributed by atoms with Gasteiger partial charge in [0.15, 0.2) is 5.82 Å². The number of thiol groups is 1. The first kappa shape index (κ1) is 8.12. The summed E-state index contributed by atoms with van der Waals surface area (Å²) in [5.41, 5.74) is 7.21. The largest absolute Gasteiger partial charge is 0.399 e. The number of benzene rings is 1. The van der Waals surface area contributed by atoms with Gasteiger partial charge in [0, 0.05) is 16.1 Å². The number of nitrogens with zero attached hydrogens (tertiary/aromatic N) is 2. The van der Waals surface area contributed by atoms with E-state index in [0.29, 0.717) is 11.5 Å². The summed E-state index contributed by atoms with van der Waals surface area (Å²) in [4.78, 5) is 4.82. The third kappa shape index (κ3) is 1.65. The molecule has 0 atom stereocenters. The number of hydrogen-bond acceptors (Lipinski definition) is 4. The molecule has 1 aromatic carbocycles. The molecule has 0 unspecified atom stereocenters. The molecule has 4 nitrogen and oxygen atoms in total. The van der Waals surface area contributed by atoms with Crippen molar-refractivity contribution in [2.45, 2.75) is 4.90 Å². The highest BCUT2D eigenvalue weighted by Crippen LogP contribution is 2.21. The van der Waals surface area contributed by atoms with Crippen LogP contribution >= 0.6 is 12.6 Å². The van der Waals surface area contributed by atoms with Gasteiger partial charge in [-0.3, -0.25) is 5.10 Å². The van der Waals surface area contributed by atoms with Crippen molar-refractivity contribution >= 4 is 18.3 Å². The Hall–Kier alpha value is -1.49. The molecule has 13 heavy (non-hydrogen) atoms. The van der Waals surface area contributed by atoms with Crippen molar-refractivity contribution in [1.82, 2.24) is 15.2 Å². The van der Waals surface area contributed by atoms with E-state index in [9.17, 15) is 0 Å². The molecule has 0 bridgehead atoms. The molecule has 0 amide bonds. The maximum absolute atomic E-state index is 5.65. The minimum Gasteiger partial charge on any atom is -0.399 e. The lowest BCUT2D eigenvalue weighted by molar-refractivity contribution is 1.09. The van der Waals surface area contributed by atoms with Gasteiger partial charge < -0.3 is 5.73 Å². The van der Waals surface area contributed by atoms with E-state index in [0.717, 1.165) is 10.5 Å². The number of rotatable bonds is 1. The standard InChI is InChI=1S/C8H8N4S/c9-6-1-5(2-7(13)3-6)8-10-4-11-12-8/h1-4,13H,9H2,(H,10,11,12). The van der Waals surface area contributed by atoms with Crippen LogP contribution < -0.4 is 5.73 Å². The highest BCUT2D eigenvalue weighted by molar-refractivity contribution is 7.80. The van der Waals surface area contributed by atoms with Crippen LogP contribution in [0.2, 0.25) is 0 Å². The van der Waals surface area contributed by atoms with E-state index in [4.69, 9.17) is 5.73 Å². The average molecular weight is 192 g/mol. The molecule has 0 spiro atoms. The van der Waals surface area contributed by atoms with Gasteiger partial charge >= 0.3 is 0 Å². The number of aromatic nitrogens is 3. The predicted molar refractivity (Wildman–Crippen MR) is 53.5 cm³/mol. The Morgan fingerprint density at radius 1 is 1.31 bits per heavy atom. The van der Waals surface area contributed by atoms with Crippen LogP contribution in [0.1, 0.15) is 0 Å². The fourth-order valence-corrected chi connectivity index (χ4v) is 1.40. The van der Waals surface area contributed by atoms with E-state index in [1.165, 1.54) is 6.33 Å². The van der Waals surface area contributed by atoms with E-state index in [1.54, 1.807) is 6.07 Å². The molecule has 0 fully saturated rings. The molecule has 1 aromatic heterocycles. The minimum absolute atomic E-state index is 0.666. The van der Waals surface area contributed by atoms with E-state index in [2.05, 4.69) is 27.8 Å². The van der Waals surface area contributed by atoms with Crippen LogP contribution in [0.25, 0.3) is 11.4 Å². The SMILES string of the molecule is Nc1cc(S)cc(-c2ncn[nH]2)c1. The molecule has 0 radical (unpaired) electrons. The van der Waals surface area contributed by atoms with E-state index in [1.807, 2.05) is 12.1 Å². The van der Waals surface area contributed by atoms with Gasteiger partial charge in [0.2, 0.25) is 0 Å². The van der Waals surface area contributed by atoms with Gasteiger partial charge in [0.05, 0.1) is 0 Å². The van der Waals surface area contributed by atoms with Gasteiger partial charge in [0.25, 0.3) is 0 Å². The van der Waals surface area contributed by atoms with Crippen molar-refractivity contribution in [2.24, 2.45) is 0 Å². The van der Waals surface area contributed by atoms with Crippen LogP contribution in [-0.4, -0.2) is 15.2 Å². The van der Waals surface area contributed by atoms with E-state index in [-0.39, 0.29) is 0 Å². The van der Waals surface area contributed by atoms with Gasteiger partial charge in [-0.2, -0.15) is 5.10 Å². The molecule has 66 valence electrons. The molecule has 5 heteroatoms. The number of H-pyrrole nitrogens is 1. The van der Waals surface area contributed by atoms with Crippen LogP contribution in [0.15, 0.2) is 29.4 Å². The summed E-state index contributed by atoms with van der Waals surface area (Å²) in [6, 6.07) is 5.48. The smallest absolute Gasteiger partial charge is 0.155 e. The number of anilines is 1. The van der Waals surface area contributed by atoms with Gasteiger partial charge in [-0.15, -0.1) is 12.6 Å². The van der Waals surface area contributed by atoms with E-state index >= 15 is 0 Å². The van der Waals surface area contributed by atoms with Gasteiger partial charge in [-0.05, 0) is 18.2 Å². The van der Waals surface area contributed by atoms with Gasteiger partial charge in [-0.25, -0.2) is 4.98 Å². The minimum atomic E-state index is 0.666. The van der Waals surface area contributed by atoms with E-state index < -0.39 is 0 Å². The van der Waals surface area contributed by atoms with Crippen LogP contribution in [0.3, 0.4) is 0 Å². The van der Waals surface area contributed by atoms with Crippen molar-refractivity contribution in [2.75, 3.05) is 5.73 Å². The average Bonchev–Trinajstić information content (AvgIpc) is 2.53. The number of nitrogen functional groups attached to an aromatic ring is 1. The van der Waals surface area contributed by atoms with Crippen LogP contribution in [0, 0.1) is 0 Å². The summed E-state index contributed by atoms with van der Waals surface area (Å²) in [6.45, 7) is 0. The monoisotopic (exact) mass is 192 g/mol. The Kier molecular flexibility index (Phi) is 1.94. The molecule has 0 aliphatic rings. The molecule has 0 saturated heterocycles. The Labute approximate surface area is 80.6 Å². The molecule has 3 N–H and O–H groups in total. The van der Waals surface area contributed by atoms with Gasteiger partial charge in [-0.1, -0.05) is 0 Å². The highest BCUT2D eigenvalue weighted by atomic mass is 32.1. The Bertz CT molecular complexity index is 390. The Morgan fingerprint density at radius 3 is 2.77 bits per heavy atom. The topological polar surface area (TPSA) is 67.6 Å². The third-order valence-electron chi connectivity index (χ3n) is 1.63. The molecule has 2 rings (SSSR count). The molecule has 0 aliphatic heterocycles. The highest BCUT2D eigenvalue weighted by Gasteiger charge is 2.01. The van der Waals surface area contributed by atoms with Gasteiger partial charge in [0.1, 0.15) is 6.33 Å². The lowest BCUT2D eigenvalue weighted by Gasteiger charge is -1.99. The number of hydrogen-bond donors (Lipinski definition) is 3. The zero-order valence-electron chi connectivity index (χ0n) is 6.73. The van der Waals surface area contributed by atoms with Crippen LogP contribution in [-0.2, 0) is 0 Å². The summed E-state index contributed by atoms with van der Waals surface area (Å²) >= 11 is 4.21. The maximum Gasteiger partial charge on any atom is 0.155 e. The molecular weight excluding hydrogens is 184 g/mol. The number of nitrogens with two attached hydrogens (primary N) is 1. The molecule has 0 saturated carbocycles. The molecular formula is C8H8N4S. The maximum atomic E-state index is 5.65. The first-order valence-electron chi connectivity index (χ1n) is 3.71. The molecule has 1 heterocycles. The van der Waals surface area contributed by atoms with Crippen molar-refractivity contribution in [3.05, 3.63) is 24.5 Å². The summed E-state index contributed by atoms with van der Waals surface area (Å²) in [5.74, 6) is 0.697. The first-order valence-corrected chi connectivity index (χ1v) is 4.16. The van der Waals surface area contributed by atoms with Crippen molar-refractivity contribution in [3.63, 3.8) is 0 Å². The Morgan fingerprint density at radius 2 is 2.15 bits per heavy atom. The van der Waals surface area contributed by atoms with Crippen molar-refractivity contribution < 1.29 is 0 Å². The zero-order chi connectivity index (χ0) is 9.26. The second kappa shape index (κ2) is 3.10. The second-order valence-corrected chi connectivity index (χ2v) is 3.16. The normalized spacial score (nSPS) is 10.2. The molecule has 2 aromatic rings. The molecule has 0 aliphatic carbocycles. The summed E-state index contributed by atoms with van der Waals surface area (Å²) in [5, 5.41) is 6.51. The fourth-order valence-electron chi connectivity index (χ4n) is 1.12.